The lowest BCUT2D eigenvalue weighted by atomic mass is 9.84. The van der Waals surface area contributed by atoms with E-state index in [-0.39, 0.29) is 41.3 Å². The smallest absolute Gasteiger partial charge is 0.228 e. The molecular weight excluding hydrogens is 328 g/mol. The summed E-state index contributed by atoms with van der Waals surface area (Å²) >= 11 is 0. The third-order valence-electron chi connectivity index (χ3n) is 4.31. The quantitative estimate of drug-likeness (QED) is 0.827. The number of phenolic OH excluding ortho intramolecular Hbond substituents is 1. The first-order valence-electron chi connectivity index (χ1n) is 7.66. The number of aromatic hydroxyl groups is 1. The highest BCUT2D eigenvalue weighted by Gasteiger charge is 2.37. The van der Waals surface area contributed by atoms with Gasteiger partial charge in [0.1, 0.15) is 0 Å². The Bertz CT molecular complexity index is 804. The minimum atomic E-state index is -0.414. The molecule has 1 aliphatic carbocycles. The van der Waals surface area contributed by atoms with Crippen molar-refractivity contribution in [2.75, 3.05) is 27.9 Å². The molecule has 1 atom stereocenters. The van der Waals surface area contributed by atoms with Crippen molar-refractivity contribution in [3.05, 3.63) is 40.9 Å². The van der Waals surface area contributed by atoms with Crippen LogP contribution in [0.15, 0.2) is 35.3 Å². The number of carbonyl (C=O) groups excluding carboxylic acids is 2. The molecule has 1 aliphatic heterocycles. The molecule has 7 nitrogen and oxygen atoms in total. The topological polar surface area (TPSA) is 91.3 Å². The van der Waals surface area contributed by atoms with Crippen molar-refractivity contribution in [1.29, 1.82) is 0 Å². The maximum atomic E-state index is 12.7. The molecule has 0 amide bonds. The van der Waals surface area contributed by atoms with Crippen molar-refractivity contribution in [3.8, 4) is 17.2 Å². The second kappa shape index (κ2) is 6.51. The number of carbonyl (C=O) groups is 2. The number of hydrogen-bond donors (Lipinski definition) is 1. The molecule has 1 heterocycles. The standard InChI is InChI=1S/C18H18O7/c1-22-16-12(19)5-4-9-6-10(8-25-15(9)16)11-7-13(20)17(23-2)18(24-3)14(11)21/h4-5,7,10,19H,6,8H2,1-3H3. The van der Waals surface area contributed by atoms with Gasteiger partial charge in [-0.05, 0) is 24.1 Å². The van der Waals surface area contributed by atoms with E-state index in [9.17, 15) is 14.7 Å². The second-order valence-corrected chi connectivity index (χ2v) is 5.68. The SMILES string of the molecule is COC1=C(OC)C(=O)C(C2COc3c(ccc(O)c3OC)C2)=CC1=O. The normalized spacial score (nSPS) is 19.8. The van der Waals surface area contributed by atoms with Crippen molar-refractivity contribution in [1.82, 2.24) is 0 Å². The molecule has 1 aromatic carbocycles. The monoisotopic (exact) mass is 346 g/mol. The highest BCUT2D eigenvalue weighted by molar-refractivity contribution is 6.21. The molecule has 0 saturated heterocycles. The van der Waals surface area contributed by atoms with E-state index in [4.69, 9.17) is 18.9 Å². The summed E-state index contributed by atoms with van der Waals surface area (Å²) in [6, 6.07) is 3.22. The van der Waals surface area contributed by atoms with Gasteiger partial charge in [0.15, 0.2) is 11.5 Å². The number of fused-ring (bicyclic) bond motifs is 1. The van der Waals surface area contributed by atoms with Crippen LogP contribution in [0.3, 0.4) is 0 Å². The zero-order valence-corrected chi connectivity index (χ0v) is 14.1. The molecule has 0 spiro atoms. The van der Waals surface area contributed by atoms with Gasteiger partial charge < -0.3 is 24.1 Å². The zero-order chi connectivity index (χ0) is 18.1. The Labute approximate surface area is 144 Å². The van der Waals surface area contributed by atoms with Gasteiger partial charge in [0, 0.05) is 11.5 Å². The van der Waals surface area contributed by atoms with Crippen LogP contribution < -0.4 is 9.47 Å². The van der Waals surface area contributed by atoms with E-state index in [1.807, 2.05) is 0 Å². The van der Waals surface area contributed by atoms with Crippen molar-refractivity contribution in [3.63, 3.8) is 0 Å². The molecule has 0 fully saturated rings. The molecule has 1 N–H and O–H groups in total. The fraction of sp³-hybridized carbons (Fsp3) is 0.333. The number of hydrogen-bond acceptors (Lipinski definition) is 7. The molecule has 0 saturated carbocycles. The third-order valence-corrected chi connectivity index (χ3v) is 4.31. The van der Waals surface area contributed by atoms with E-state index in [1.165, 1.54) is 33.5 Å². The summed E-state index contributed by atoms with van der Waals surface area (Å²) in [4.78, 5) is 24.9. The van der Waals surface area contributed by atoms with Crippen LogP contribution in [-0.4, -0.2) is 44.6 Å². The summed E-state index contributed by atoms with van der Waals surface area (Å²) in [7, 11) is 4.08. The number of ketones is 2. The Kier molecular flexibility index (Phi) is 4.39. The van der Waals surface area contributed by atoms with Crippen molar-refractivity contribution in [2.45, 2.75) is 6.42 Å². The Morgan fingerprint density at radius 2 is 1.80 bits per heavy atom. The lowest BCUT2D eigenvalue weighted by Crippen LogP contribution is -2.31. The van der Waals surface area contributed by atoms with Gasteiger partial charge in [0.25, 0.3) is 0 Å². The lowest BCUT2D eigenvalue weighted by Gasteiger charge is -2.29. The van der Waals surface area contributed by atoms with E-state index >= 15 is 0 Å². The van der Waals surface area contributed by atoms with Crippen LogP contribution in [0.25, 0.3) is 0 Å². The van der Waals surface area contributed by atoms with Crippen molar-refractivity contribution >= 4 is 11.6 Å². The minimum absolute atomic E-state index is 0.0165. The highest BCUT2D eigenvalue weighted by atomic mass is 16.5. The molecule has 1 aromatic rings. The van der Waals surface area contributed by atoms with Crippen LogP contribution in [-0.2, 0) is 25.5 Å². The van der Waals surface area contributed by atoms with E-state index < -0.39 is 5.78 Å². The third kappa shape index (κ3) is 2.71. The number of Topliss-reactive ketones (excluding diaryl/α,β-unsaturated/α-hetero) is 1. The first-order valence-corrected chi connectivity index (χ1v) is 7.66. The highest BCUT2D eigenvalue weighted by Crippen LogP contribution is 2.43. The molecule has 7 heteroatoms. The molecule has 3 rings (SSSR count). The predicted molar refractivity (Wildman–Crippen MR) is 86.5 cm³/mol. The lowest BCUT2D eigenvalue weighted by molar-refractivity contribution is -0.121. The van der Waals surface area contributed by atoms with Gasteiger partial charge in [0.05, 0.1) is 27.9 Å². The van der Waals surface area contributed by atoms with Crippen LogP contribution in [0.1, 0.15) is 5.56 Å². The zero-order valence-electron chi connectivity index (χ0n) is 14.1. The molecule has 25 heavy (non-hydrogen) atoms. The van der Waals surface area contributed by atoms with Gasteiger partial charge in [-0.15, -0.1) is 0 Å². The molecule has 0 aromatic heterocycles. The van der Waals surface area contributed by atoms with E-state index in [0.29, 0.717) is 17.7 Å². The Hall–Kier alpha value is -2.96. The number of benzene rings is 1. The molecule has 2 aliphatic rings. The maximum absolute atomic E-state index is 12.7. The number of allylic oxidation sites excluding steroid dienone is 2. The van der Waals surface area contributed by atoms with Crippen LogP contribution in [0.5, 0.6) is 17.2 Å². The maximum Gasteiger partial charge on any atom is 0.228 e. The Balaban J connectivity index is 1.93. The largest absolute Gasteiger partial charge is 0.504 e. The number of ether oxygens (including phenoxy) is 4. The molecule has 132 valence electrons. The first-order chi connectivity index (χ1) is 12.0. The summed E-state index contributed by atoms with van der Waals surface area (Å²) in [5.74, 6) is -0.619. The van der Waals surface area contributed by atoms with Gasteiger partial charge >= 0.3 is 0 Å². The van der Waals surface area contributed by atoms with Gasteiger partial charge in [-0.2, -0.15) is 0 Å². The van der Waals surface area contributed by atoms with E-state index in [0.717, 1.165) is 5.56 Å². The fourth-order valence-electron chi connectivity index (χ4n) is 3.12. The molecule has 1 unspecified atom stereocenters. The minimum Gasteiger partial charge on any atom is -0.504 e. The van der Waals surface area contributed by atoms with Gasteiger partial charge in [-0.25, -0.2) is 0 Å². The summed E-state index contributed by atoms with van der Waals surface area (Å²) in [6.45, 7) is 0.178. The van der Waals surface area contributed by atoms with Crippen LogP contribution in [0.4, 0.5) is 0 Å². The van der Waals surface area contributed by atoms with Gasteiger partial charge in [-0.3, -0.25) is 9.59 Å². The van der Waals surface area contributed by atoms with Crippen LogP contribution in [0, 0.1) is 5.92 Å². The summed E-state index contributed by atoms with van der Waals surface area (Å²) in [5, 5.41) is 9.83. The molecule has 0 radical (unpaired) electrons. The Morgan fingerprint density at radius 1 is 1.08 bits per heavy atom. The molecule has 0 bridgehead atoms. The second-order valence-electron chi connectivity index (χ2n) is 5.68. The Morgan fingerprint density at radius 3 is 2.44 bits per heavy atom. The van der Waals surface area contributed by atoms with Crippen LogP contribution in [0.2, 0.25) is 0 Å². The number of phenols is 1. The average Bonchev–Trinajstić information content (AvgIpc) is 2.62. The molecular formula is C18H18O7. The summed E-state index contributed by atoms with van der Waals surface area (Å²) < 4.78 is 20.9. The number of rotatable bonds is 4. The summed E-state index contributed by atoms with van der Waals surface area (Å²) in [6.07, 6.45) is 1.75. The van der Waals surface area contributed by atoms with E-state index in [1.54, 1.807) is 6.07 Å². The average molecular weight is 346 g/mol. The fourth-order valence-corrected chi connectivity index (χ4v) is 3.12. The van der Waals surface area contributed by atoms with Gasteiger partial charge in [0.2, 0.25) is 28.8 Å². The van der Waals surface area contributed by atoms with Crippen molar-refractivity contribution < 1.29 is 33.6 Å². The first kappa shape index (κ1) is 16.9. The van der Waals surface area contributed by atoms with Crippen LogP contribution >= 0.6 is 0 Å². The van der Waals surface area contributed by atoms with Crippen molar-refractivity contribution in [2.24, 2.45) is 5.92 Å². The van der Waals surface area contributed by atoms with E-state index in [2.05, 4.69) is 0 Å². The predicted octanol–water partition coefficient (Wildman–Crippen LogP) is 1.53. The summed E-state index contributed by atoms with van der Waals surface area (Å²) in [5.41, 5.74) is 1.10. The number of methoxy groups -OCH3 is 3. The van der Waals surface area contributed by atoms with Gasteiger partial charge in [-0.1, -0.05) is 6.07 Å².